The maximum absolute atomic E-state index is 3.32. The first-order valence-corrected chi connectivity index (χ1v) is 7.13. The maximum Gasteiger partial charge on any atom is 0.00720 e. The molecule has 0 bridgehead atoms. The molecule has 1 nitrogen and oxygen atoms in total. The van der Waals surface area contributed by atoms with Gasteiger partial charge in [-0.3, -0.25) is 0 Å². The van der Waals surface area contributed by atoms with Crippen molar-refractivity contribution < 1.29 is 0 Å². The fraction of sp³-hybridized carbons (Fsp3) is 0.571. The van der Waals surface area contributed by atoms with Gasteiger partial charge in [0.05, 0.1) is 0 Å². The summed E-state index contributed by atoms with van der Waals surface area (Å²) < 4.78 is 0. The Kier molecular flexibility index (Phi) is 3.93. The molecule has 0 amide bonds. The Morgan fingerprint density at radius 3 is 2.44 bits per heavy atom. The molecule has 0 atom stereocenters. The summed E-state index contributed by atoms with van der Waals surface area (Å²) in [6.07, 6.45) is 4.02. The van der Waals surface area contributed by atoms with Crippen molar-refractivity contribution in [2.45, 2.75) is 31.1 Å². The molecule has 0 radical (unpaired) electrons. The van der Waals surface area contributed by atoms with E-state index in [0.717, 1.165) is 5.75 Å². The Morgan fingerprint density at radius 2 is 1.94 bits per heavy atom. The van der Waals surface area contributed by atoms with Crippen LogP contribution in [-0.2, 0) is 6.42 Å². The molecule has 1 N–H and O–H groups in total. The average Bonchev–Trinajstić information content (AvgIpc) is 3.02. The van der Waals surface area contributed by atoms with Gasteiger partial charge in [-0.1, -0.05) is 19.1 Å². The average molecular weight is 235 g/mol. The van der Waals surface area contributed by atoms with Crippen LogP contribution >= 0.6 is 11.8 Å². The highest BCUT2D eigenvalue weighted by Crippen LogP contribution is 2.47. The second-order valence-electron chi connectivity index (χ2n) is 4.78. The summed E-state index contributed by atoms with van der Waals surface area (Å²) in [5.74, 6) is 1.16. The Labute approximate surface area is 103 Å². The Morgan fingerprint density at radius 1 is 1.25 bits per heavy atom. The molecule has 1 aliphatic rings. The third-order valence-corrected chi connectivity index (χ3v) is 4.22. The molecule has 1 aliphatic carbocycles. The van der Waals surface area contributed by atoms with Gasteiger partial charge in [-0.15, -0.1) is 11.8 Å². The van der Waals surface area contributed by atoms with Crippen molar-refractivity contribution in [3.05, 3.63) is 29.8 Å². The van der Waals surface area contributed by atoms with E-state index in [0.29, 0.717) is 5.41 Å². The Bertz CT molecular complexity index is 327. The summed E-state index contributed by atoms with van der Waals surface area (Å²) in [7, 11) is 2.06. The van der Waals surface area contributed by atoms with Gasteiger partial charge in [-0.05, 0) is 55.2 Å². The van der Waals surface area contributed by atoms with E-state index < -0.39 is 0 Å². The zero-order valence-corrected chi connectivity index (χ0v) is 11.1. The minimum Gasteiger partial charge on any atom is -0.319 e. The summed E-state index contributed by atoms with van der Waals surface area (Å²) >= 11 is 1.92. The lowest BCUT2D eigenvalue weighted by Crippen LogP contribution is -2.21. The lowest BCUT2D eigenvalue weighted by Gasteiger charge is -2.14. The van der Waals surface area contributed by atoms with Crippen LogP contribution in [0.15, 0.2) is 29.2 Å². The normalized spacial score (nSPS) is 17.4. The van der Waals surface area contributed by atoms with E-state index in [9.17, 15) is 0 Å². The van der Waals surface area contributed by atoms with Crippen molar-refractivity contribution in [1.29, 1.82) is 0 Å². The topological polar surface area (TPSA) is 12.0 Å². The van der Waals surface area contributed by atoms with Crippen LogP contribution in [0.3, 0.4) is 0 Å². The van der Waals surface area contributed by atoms with Crippen LogP contribution in [0, 0.1) is 5.41 Å². The van der Waals surface area contributed by atoms with E-state index in [4.69, 9.17) is 0 Å². The van der Waals surface area contributed by atoms with Crippen LogP contribution in [-0.4, -0.2) is 19.3 Å². The molecule has 0 aliphatic heterocycles. The third-order valence-electron chi connectivity index (χ3n) is 3.32. The molecule has 0 unspecified atom stereocenters. The maximum atomic E-state index is 3.32. The number of benzene rings is 1. The predicted octanol–water partition coefficient (Wildman–Crippen LogP) is 3.34. The monoisotopic (exact) mass is 235 g/mol. The summed E-state index contributed by atoms with van der Waals surface area (Å²) in [5, 5.41) is 3.32. The number of thioether (sulfide) groups is 1. The minimum atomic E-state index is 0.578. The van der Waals surface area contributed by atoms with Gasteiger partial charge >= 0.3 is 0 Å². The van der Waals surface area contributed by atoms with Crippen molar-refractivity contribution in [3.63, 3.8) is 0 Å². The summed E-state index contributed by atoms with van der Waals surface area (Å²) in [6, 6.07) is 9.12. The first-order chi connectivity index (χ1) is 7.78. The van der Waals surface area contributed by atoms with Crippen LogP contribution in [0.5, 0.6) is 0 Å². The largest absolute Gasteiger partial charge is 0.319 e. The van der Waals surface area contributed by atoms with Crippen molar-refractivity contribution in [1.82, 2.24) is 5.32 Å². The molecular formula is C14H21NS. The highest BCUT2D eigenvalue weighted by atomic mass is 32.2. The smallest absolute Gasteiger partial charge is 0.00720 e. The van der Waals surface area contributed by atoms with Gasteiger partial charge in [-0.2, -0.15) is 0 Å². The molecule has 1 aromatic carbocycles. The summed E-state index contributed by atoms with van der Waals surface area (Å²) in [6.45, 7) is 3.36. The molecule has 0 aromatic heterocycles. The number of nitrogens with one attached hydrogen (secondary N) is 1. The van der Waals surface area contributed by atoms with E-state index in [1.54, 1.807) is 0 Å². The third kappa shape index (κ3) is 3.02. The highest BCUT2D eigenvalue weighted by Gasteiger charge is 2.41. The zero-order valence-electron chi connectivity index (χ0n) is 10.3. The summed E-state index contributed by atoms with van der Waals surface area (Å²) in [5.41, 5.74) is 2.07. The fourth-order valence-corrected chi connectivity index (χ4v) is 2.93. The van der Waals surface area contributed by atoms with Crippen molar-refractivity contribution in [2.75, 3.05) is 19.3 Å². The van der Waals surface area contributed by atoms with Crippen molar-refractivity contribution in [3.8, 4) is 0 Å². The Balaban J connectivity index is 1.95. The molecule has 2 rings (SSSR count). The first-order valence-electron chi connectivity index (χ1n) is 6.14. The SMILES string of the molecule is CCSc1ccc(CC2(CNC)CC2)cc1. The molecule has 88 valence electrons. The summed E-state index contributed by atoms with van der Waals surface area (Å²) in [4.78, 5) is 1.39. The van der Waals surface area contributed by atoms with Gasteiger partial charge in [0, 0.05) is 11.4 Å². The van der Waals surface area contributed by atoms with Gasteiger partial charge < -0.3 is 5.32 Å². The van der Waals surface area contributed by atoms with Gasteiger partial charge in [0.2, 0.25) is 0 Å². The molecule has 16 heavy (non-hydrogen) atoms. The molecule has 1 saturated carbocycles. The number of rotatable bonds is 6. The lowest BCUT2D eigenvalue weighted by molar-refractivity contribution is 0.478. The van der Waals surface area contributed by atoms with E-state index in [1.165, 1.54) is 36.3 Å². The van der Waals surface area contributed by atoms with E-state index in [1.807, 2.05) is 11.8 Å². The van der Waals surface area contributed by atoms with E-state index >= 15 is 0 Å². The Hall–Kier alpha value is -0.470. The molecule has 0 saturated heterocycles. The second kappa shape index (κ2) is 5.24. The predicted molar refractivity (Wildman–Crippen MR) is 72.1 cm³/mol. The van der Waals surface area contributed by atoms with E-state index in [-0.39, 0.29) is 0 Å². The van der Waals surface area contributed by atoms with Gasteiger partial charge in [-0.25, -0.2) is 0 Å². The van der Waals surface area contributed by atoms with Gasteiger partial charge in [0.15, 0.2) is 0 Å². The zero-order chi connectivity index (χ0) is 11.4. The quantitative estimate of drug-likeness (QED) is 0.759. The fourth-order valence-electron chi connectivity index (χ4n) is 2.27. The molecular weight excluding hydrogens is 214 g/mol. The molecule has 2 heteroatoms. The van der Waals surface area contributed by atoms with Crippen LogP contribution in [0.25, 0.3) is 0 Å². The first kappa shape index (κ1) is 12.0. The van der Waals surface area contributed by atoms with E-state index in [2.05, 4.69) is 43.6 Å². The standard InChI is InChI=1S/C14H21NS/c1-3-16-13-6-4-12(5-7-13)10-14(8-9-14)11-15-2/h4-7,15H,3,8-11H2,1-2H3. The molecule has 0 heterocycles. The lowest BCUT2D eigenvalue weighted by atomic mass is 9.96. The van der Waals surface area contributed by atoms with Crippen LogP contribution in [0.4, 0.5) is 0 Å². The molecule has 0 spiro atoms. The second-order valence-corrected chi connectivity index (χ2v) is 6.12. The van der Waals surface area contributed by atoms with Crippen molar-refractivity contribution in [2.24, 2.45) is 5.41 Å². The van der Waals surface area contributed by atoms with Crippen LogP contribution in [0.1, 0.15) is 25.3 Å². The number of hydrogen-bond acceptors (Lipinski definition) is 2. The number of hydrogen-bond donors (Lipinski definition) is 1. The molecule has 1 fully saturated rings. The van der Waals surface area contributed by atoms with Crippen LogP contribution < -0.4 is 5.32 Å². The molecule has 1 aromatic rings. The van der Waals surface area contributed by atoms with Crippen LogP contribution in [0.2, 0.25) is 0 Å². The minimum absolute atomic E-state index is 0.578. The van der Waals surface area contributed by atoms with Crippen molar-refractivity contribution >= 4 is 11.8 Å². The van der Waals surface area contributed by atoms with Gasteiger partial charge in [0.1, 0.15) is 0 Å². The highest BCUT2D eigenvalue weighted by molar-refractivity contribution is 7.99. The van der Waals surface area contributed by atoms with Gasteiger partial charge in [0.25, 0.3) is 0 Å².